The number of fused-ring (bicyclic) bond motifs is 1. The quantitative estimate of drug-likeness (QED) is 0.657. The number of rotatable bonds is 5. The number of benzene rings is 1. The zero-order valence-corrected chi connectivity index (χ0v) is 17.3. The first-order valence-electron chi connectivity index (χ1n) is 9.61. The predicted octanol–water partition coefficient (Wildman–Crippen LogP) is 2.61. The van der Waals surface area contributed by atoms with Crippen molar-refractivity contribution in [2.24, 2.45) is 0 Å². The van der Waals surface area contributed by atoms with Crippen molar-refractivity contribution in [1.82, 2.24) is 19.5 Å². The van der Waals surface area contributed by atoms with Crippen LogP contribution < -0.4 is 15.2 Å². The summed E-state index contributed by atoms with van der Waals surface area (Å²) in [5, 5.41) is 5.38. The summed E-state index contributed by atoms with van der Waals surface area (Å²) in [6, 6.07) is 10.2. The number of hydrogen-bond donors (Lipinski definition) is 0. The molecule has 4 rings (SSSR count). The second-order valence-electron chi connectivity index (χ2n) is 6.99. The second kappa shape index (κ2) is 7.89. The molecule has 0 aliphatic carbocycles. The van der Waals surface area contributed by atoms with Crippen molar-refractivity contribution < 1.29 is 4.74 Å². The van der Waals surface area contributed by atoms with Crippen LogP contribution in [0.5, 0.6) is 5.75 Å². The van der Waals surface area contributed by atoms with Gasteiger partial charge in [0.2, 0.25) is 10.1 Å². The summed E-state index contributed by atoms with van der Waals surface area (Å²) < 4.78 is 6.78. The summed E-state index contributed by atoms with van der Waals surface area (Å²) in [7, 11) is 1.70. The van der Waals surface area contributed by atoms with Crippen molar-refractivity contribution in [1.29, 1.82) is 0 Å². The third-order valence-corrected chi connectivity index (χ3v) is 6.33. The van der Waals surface area contributed by atoms with E-state index in [0.29, 0.717) is 11.0 Å². The fourth-order valence-corrected chi connectivity index (χ4v) is 4.55. The number of ether oxygens (including phenoxy) is 1. The van der Waals surface area contributed by atoms with Crippen LogP contribution in [0, 0.1) is 0 Å². The molecule has 1 aliphatic heterocycles. The fraction of sp³-hybridized carbons (Fsp3) is 0.450. The molecule has 1 aromatic carbocycles. The Kier molecular flexibility index (Phi) is 5.32. The highest BCUT2D eigenvalue weighted by Gasteiger charge is 2.24. The van der Waals surface area contributed by atoms with Crippen molar-refractivity contribution in [2.45, 2.75) is 26.3 Å². The fourth-order valence-electron chi connectivity index (χ4n) is 3.57. The van der Waals surface area contributed by atoms with Gasteiger partial charge in [-0.05, 0) is 31.0 Å². The van der Waals surface area contributed by atoms with E-state index >= 15 is 0 Å². The molecule has 0 amide bonds. The van der Waals surface area contributed by atoms with Gasteiger partial charge in [-0.15, -0.1) is 5.10 Å². The van der Waals surface area contributed by atoms with Crippen LogP contribution in [0.2, 0.25) is 0 Å². The molecule has 3 aromatic rings. The molecular formula is C20H25N5O2S. The molecule has 0 bridgehead atoms. The summed E-state index contributed by atoms with van der Waals surface area (Å²) in [6.45, 7) is 7.88. The van der Waals surface area contributed by atoms with Gasteiger partial charge in [-0.3, -0.25) is 9.69 Å². The topological polar surface area (TPSA) is 63.0 Å². The lowest BCUT2D eigenvalue weighted by Crippen LogP contribution is -2.47. The zero-order valence-electron chi connectivity index (χ0n) is 16.5. The van der Waals surface area contributed by atoms with Crippen LogP contribution in [0.15, 0.2) is 35.1 Å². The molecule has 0 N–H and O–H groups in total. The van der Waals surface area contributed by atoms with E-state index in [0.717, 1.165) is 49.2 Å². The summed E-state index contributed by atoms with van der Waals surface area (Å²) in [5.41, 5.74) is 1.97. The van der Waals surface area contributed by atoms with Crippen LogP contribution in [-0.4, -0.2) is 52.8 Å². The number of aryl methyl sites for hydroxylation is 1. The standard InChI is InChI=1S/C20H25N5O2S/c1-4-16-13-18(26)25-19(21-16)28-20(22-25)24-10-8-23(9-11-24)14(2)15-6-5-7-17(12-15)27-3/h5-7,12-14H,4,8-11H2,1-3H3. The largest absolute Gasteiger partial charge is 0.497 e. The third kappa shape index (κ3) is 3.62. The van der Waals surface area contributed by atoms with E-state index < -0.39 is 0 Å². The van der Waals surface area contributed by atoms with Gasteiger partial charge >= 0.3 is 0 Å². The molecule has 148 valence electrons. The lowest BCUT2D eigenvalue weighted by molar-refractivity contribution is 0.198. The van der Waals surface area contributed by atoms with Gasteiger partial charge in [-0.1, -0.05) is 30.4 Å². The monoisotopic (exact) mass is 399 g/mol. The van der Waals surface area contributed by atoms with Crippen LogP contribution >= 0.6 is 11.3 Å². The average Bonchev–Trinajstić information content (AvgIpc) is 3.18. The molecule has 1 atom stereocenters. The van der Waals surface area contributed by atoms with E-state index in [9.17, 15) is 4.79 Å². The number of anilines is 1. The molecule has 1 fully saturated rings. The van der Waals surface area contributed by atoms with Gasteiger partial charge in [0.25, 0.3) is 5.56 Å². The van der Waals surface area contributed by atoms with E-state index in [2.05, 4.69) is 38.9 Å². The highest BCUT2D eigenvalue weighted by Crippen LogP contribution is 2.27. The van der Waals surface area contributed by atoms with Gasteiger partial charge in [0.05, 0.1) is 7.11 Å². The number of hydrogen-bond acceptors (Lipinski definition) is 7. The van der Waals surface area contributed by atoms with E-state index in [1.807, 2.05) is 19.1 Å². The van der Waals surface area contributed by atoms with Gasteiger partial charge < -0.3 is 9.64 Å². The van der Waals surface area contributed by atoms with Crippen molar-refractivity contribution >= 4 is 21.4 Å². The van der Waals surface area contributed by atoms with Crippen molar-refractivity contribution in [3.63, 3.8) is 0 Å². The van der Waals surface area contributed by atoms with Gasteiger partial charge in [-0.25, -0.2) is 4.98 Å². The maximum Gasteiger partial charge on any atom is 0.275 e. The van der Waals surface area contributed by atoms with Crippen molar-refractivity contribution in [3.05, 3.63) is 51.9 Å². The van der Waals surface area contributed by atoms with Gasteiger partial charge in [0.1, 0.15) is 5.75 Å². The highest BCUT2D eigenvalue weighted by molar-refractivity contribution is 7.20. The summed E-state index contributed by atoms with van der Waals surface area (Å²) in [6.07, 6.45) is 0.750. The lowest BCUT2D eigenvalue weighted by Gasteiger charge is -2.38. The van der Waals surface area contributed by atoms with Crippen LogP contribution in [-0.2, 0) is 6.42 Å². The molecule has 1 unspecified atom stereocenters. The molecular weight excluding hydrogens is 374 g/mol. The number of nitrogens with zero attached hydrogens (tertiary/aromatic N) is 5. The third-order valence-electron chi connectivity index (χ3n) is 5.36. The number of aromatic nitrogens is 3. The number of methoxy groups -OCH3 is 1. The minimum Gasteiger partial charge on any atom is -0.497 e. The Morgan fingerprint density at radius 3 is 2.71 bits per heavy atom. The van der Waals surface area contributed by atoms with Gasteiger partial charge in [0, 0.05) is 44.0 Å². The Morgan fingerprint density at radius 1 is 1.21 bits per heavy atom. The first-order chi connectivity index (χ1) is 13.6. The molecule has 0 radical (unpaired) electrons. The first-order valence-corrected chi connectivity index (χ1v) is 10.4. The summed E-state index contributed by atoms with van der Waals surface area (Å²) in [4.78, 5) is 22.2. The van der Waals surface area contributed by atoms with E-state index in [1.165, 1.54) is 21.4 Å². The molecule has 1 aliphatic rings. The van der Waals surface area contributed by atoms with E-state index in [-0.39, 0.29) is 5.56 Å². The molecule has 0 saturated carbocycles. The Balaban J connectivity index is 1.47. The maximum atomic E-state index is 12.2. The molecule has 7 nitrogen and oxygen atoms in total. The number of piperazine rings is 1. The molecule has 0 spiro atoms. The highest BCUT2D eigenvalue weighted by atomic mass is 32.1. The minimum atomic E-state index is -0.102. The summed E-state index contributed by atoms with van der Waals surface area (Å²) in [5.74, 6) is 0.891. The molecule has 2 aromatic heterocycles. The smallest absolute Gasteiger partial charge is 0.275 e. The first kappa shape index (κ1) is 18.9. The normalized spacial score (nSPS) is 16.5. The Morgan fingerprint density at radius 2 is 2.00 bits per heavy atom. The average molecular weight is 400 g/mol. The Bertz CT molecular complexity index is 1020. The van der Waals surface area contributed by atoms with Crippen LogP contribution in [0.4, 0.5) is 5.13 Å². The molecule has 1 saturated heterocycles. The Hall–Kier alpha value is -2.45. The summed E-state index contributed by atoms with van der Waals surface area (Å²) >= 11 is 1.49. The van der Waals surface area contributed by atoms with Crippen LogP contribution in [0.3, 0.4) is 0 Å². The minimum absolute atomic E-state index is 0.102. The SMILES string of the molecule is CCc1cc(=O)n2nc(N3CCN(C(C)c4cccc(OC)c4)CC3)sc2n1. The van der Waals surface area contributed by atoms with Gasteiger partial charge in [0.15, 0.2) is 0 Å². The van der Waals surface area contributed by atoms with E-state index in [1.54, 1.807) is 13.2 Å². The predicted molar refractivity (Wildman–Crippen MR) is 112 cm³/mol. The molecule has 3 heterocycles. The zero-order chi connectivity index (χ0) is 19.7. The second-order valence-corrected chi connectivity index (χ2v) is 7.93. The molecule has 28 heavy (non-hydrogen) atoms. The van der Waals surface area contributed by atoms with Crippen LogP contribution in [0.1, 0.15) is 31.1 Å². The van der Waals surface area contributed by atoms with Crippen molar-refractivity contribution in [3.8, 4) is 5.75 Å². The lowest BCUT2D eigenvalue weighted by atomic mass is 10.1. The maximum absolute atomic E-state index is 12.2. The Labute approximate surface area is 168 Å². The van der Waals surface area contributed by atoms with E-state index in [4.69, 9.17) is 4.74 Å². The molecule has 8 heteroatoms. The van der Waals surface area contributed by atoms with Gasteiger partial charge in [-0.2, -0.15) is 4.52 Å². The van der Waals surface area contributed by atoms with Crippen molar-refractivity contribution in [2.75, 3.05) is 38.2 Å². The van der Waals surface area contributed by atoms with Crippen LogP contribution in [0.25, 0.3) is 4.96 Å².